The van der Waals surface area contributed by atoms with Gasteiger partial charge in [0.05, 0.1) is 28.3 Å². The zero-order valence-corrected chi connectivity index (χ0v) is 25.7. The SMILES string of the molecule is C=C(c1ccc2c(n1)C(C)(C)CCN2C1=CCC=C(C)C(F)=C1)N1CCN(c2ccc(C)c(C(=O)O)n2)CC1(C)CC. The normalized spacial score (nSPS) is 22.1. The fourth-order valence-electron chi connectivity index (χ4n) is 6.25. The first-order valence-corrected chi connectivity index (χ1v) is 14.8. The Morgan fingerprint density at radius 1 is 1.07 bits per heavy atom. The minimum absolute atomic E-state index is 0.0942. The van der Waals surface area contributed by atoms with Crippen LogP contribution < -0.4 is 9.80 Å². The van der Waals surface area contributed by atoms with E-state index in [4.69, 9.17) is 4.98 Å². The highest BCUT2D eigenvalue weighted by atomic mass is 19.1. The van der Waals surface area contributed by atoms with Crippen LogP contribution in [-0.4, -0.2) is 57.7 Å². The average molecular weight is 572 g/mol. The maximum absolute atomic E-state index is 14.7. The van der Waals surface area contributed by atoms with Crippen LogP contribution in [0.2, 0.25) is 0 Å². The van der Waals surface area contributed by atoms with E-state index in [-0.39, 0.29) is 22.5 Å². The monoisotopic (exact) mass is 571 g/mol. The maximum Gasteiger partial charge on any atom is 0.354 e. The van der Waals surface area contributed by atoms with E-state index >= 15 is 0 Å². The van der Waals surface area contributed by atoms with Gasteiger partial charge in [-0.1, -0.05) is 45.6 Å². The predicted octanol–water partition coefficient (Wildman–Crippen LogP) is 7.02. The number of hydrogen-bond donors (Lipinski definition) is 1. The van der Waals surface area contributed by atoms with Crippen LogP contribution in [0.1, 0.15) is 81.3 Å². The van der Waals surface area contributed by atoms with Crippen LogP contribution in [0.5, 0.6) is 0 Å². The number of carboxylic acids is 1. The van der Waals surface area contributed by atoms with Gasteiger partial charge in [-0.25, -0.2) is 19.2 Å². The van der Waals surface area contributed by atoms with Crippen molar-refractivity contribution >= 4 is 23.2 Å². The molecule has 1 atom stereocenters. The first-order chi connectivity index (χ1) is 19.8. The molecule has 42 heavy (non-hydrogen) atoms. The third-order valence-corrected chi connectivity index (χ3v) is 9.25. The largest absolute Gasteiger partial charge is 0.477 e. The zero-order valence-electron chi connectivity index (χ0n) is 25.7. The summed E-state index contributed by atoms with van der Waals surface area (Å²) in [6.45, 7) is 19.8. The number of carbonyl (C=O) groups is 1. The van der Waals surface area contributed by atoms with Crippen LogP contribution in [0.15, 0.2) is 66.2 Å². The number of aryl methyl sites for hydroxylation is 1. The van der Waals surface area contributed by atoms with E-state index in [9.17, 15) is 14.3 Å². The number of pyridine rings is 2. The molecule has 2 aliphatic heterocycles. The summed E-state index contributed by atoms with van der Waals surface area (Å²) >= 11 is 0. The molecule has 0 bridgehead atoms. The Labute approximate surface area is 248 Å². The molecule has 1 fully saturated rings. The summed E-state index contributed by atoms with van der Waals surface area (Å²) in [5.41, 5.74) is 5.61. The second-order valence-corrected chi connectivity index (χ2v) is 12.6. The number of hydrogen-bond acceptors (Lipinski definition) is 6. The van der Waals surface area contributed by atoms with E-state index in [2.05, 4.69) is 66.1 Å². The summed E-state index contributed by atoms with van der Waals surface area (Å²) in [5.74, 6) is -0.524. The smallest absolute Gasteiger partial charge is 0.354 e. The molecule has 1 saturated heterocycles. The number of halogens is 1. The van der Waals surface area contributed by atoms with Gasteiger partial charge >= 0.3 is 5.97 Å². The number of aromatic carboxylic acids is 1. The van der Waals surface area contributed by atoms with E-state index in [0.717, 1.165) is 47.9 Å². The Kier molecular flexibility index (Phi) is 7.77. The summed E-state index contributed by atoms with van der Waals surface area (Å²) in [6.07, 6.45) is 8.10. The van der Waals surface area contributed by atoms with Gasteiger partial charge in [0, 0.05) is 37.3 Å². The highest BCUT2D eigenvalue weighted by molar-refractivity contribution is 5.87. The fraction of sp³-hybridized carbons (Fsp3) is 0.441. The van der Waals surface area contributed by atoms with Crippen LogP contribution in [0, 0.1) is 6.92 Å². The Balaban J connectivity index is 1.43. The van der Waals surface area contributed by atoms with Gasteiger partial charge in [0.25, 0.3) is 0 Å². The second-order valence-electron chi connectivity index (χ2n) is 12.6. The molecule has 1 unspecified atom stereocenters. The lowest BCUT2D eigenvalue weighted by Crippen LogP contribution is -2.60. The van der Waals surface area contributed by atoms with Gasteiger partial charge < -0.3 is 19.8 Å². The molecule has 4 heterocycles. The minimum Gasteiger partial charge on any atom is -0.477 e. The van der Waals surface area contributed by atoms with Crippen molar-refractivity contribution in [1.82, 2.24) is 14.9 Å². The molecule has 0 aromatic carbocycles. The van der Waals surface area contributed by atoms with Crippen LogP contribution in [0.3, 0.4) is 0 Å². The Bertz CT molecular complexity index is 1520. The van der Waals surface area contributed by atoms with Crippen molar-refractivity contribution in [2.45, 2.75) is 71.8 Å². The number of nitrogens with zero attached hydrogens (tertiary/aromatic N) is 5. The van der Waals surface area contributed by atoms with Crippen molar-refractivity contribution in [1.29, 1.82) is 0 Å². The number of carboxylic acid groups (broad SMARTS) is 1. The molecule has 8 heteroatoms. The van der Waals surface area contributed by atoms with Crippen molar-refractivity contribution in [3.63, 3.8) is 0 Å². The summed E-state index contributed by atoms with van der Waals surface area (Å²) in [7, 11) is 0. The number of aromatic nitrogens is 2. The average Bonchev–Trinajstić information content (AvgIpc) is 3.12. The van der Waals surface area contributed by atoms with Crippen molar-refractivity contribution in [3.8, 4) is 0 Å². The number of piperazine rings is 1. The van der Waals surface area contributed by atoms with Crippen molar-refractivity contribution in [2.75, 3.05) is 36.0 Å². The van der Waals surface area contributed by atoms with Gasteiger partial charge in [-0.2, -0.15) is 0 Å². The molecular weight excluding hydrogens is 529 g/mol. The standard InChI is InChI=1S/C34H42FN5O2/c1-8-34(7)21-38(29-15-12-23(3)30(37-29)32(41)42)18-19-40(34)24(4)27-13-14-28-31(36-27)33(5,6)16-17-39(28)25-11-9-10-22(2)26(35)20-25/h10-15,20H,4,8-9,16-19,21H2,1-3,5-7H3,(H,41,42). The minimum atomic E-state index is -1.01. The Morgan fingerprint density at radius 2 is 1.83 bits per heavy atom. The molecule has 0 spiro atoms. The molecule has 2 aromatic heterocycles. The highest BCUT2D eigenvalue weighted by Gasteiger charge is 2.39. The van der Waals surface area contributed by atoms with Crippen LogP contribution >= 0.6 is 0 Å². The molecule has 0 radical (unpaired) electrons. The number of rotatable bonds is 6. The highest BCUT2D eigenvalue weighted by Crippen LogP contribution is 2.42. The van der Waals surface area contributed by atoms with Gasteiger partial charge in [-0.3, -0.25) is 0 Å². The Morgan fingerprint density at radius 3 is 2.55 bits per heavy atom. The predicted molar refractivity (Wildman–Crippen MR) is 167 cm³/mol. The third kappa shape index (κ3) is 5.35. The quantitative estimate of drug-likeness (QED) is 0.399. The number of allylic oxidation sites excluding steroid dienone is 5. The maximum atomic E-state index is 14.7. The summed E-state index contributed by atoms with van der Waals surface area (Å²) in [6, 6.07) is 7.89. The van der Waals surface area contributed by atoms with Crippen molar-refractivity contribution in [3.05, 3.63) is 88.8 Å². The van der Waals surface area contributed by atoms with Gasteiger partial charge in [0.2, 0.25) is 0 Å². The first kappa shape index (κ1) is 29.5. The molecule has 222 valence electrons. The summed E-state index contributed by atoms with van der Waals surface area (Å²) in [4.78, 5) is 28.1. The topological polar surface area (TPSA) is 72.8 Å². The lowest BCUT2D eigenvalue weighted by atomic mass is 9.80. The van der Waals surface area contributed by atoms with E-state index in [1.165, 1.54) is 0 Å². The summed E-state index contributed by atoms with van der Waals surface area (Å²) in [5, 5.41) is 9.59. The van der Waals surface area contributed by atoms with Gasteiger partial charge in [0.1, 0.15) is 11.6 Å². The van der Waals surface area contributed by atoms with E-state index < -0.39 is 5.97 Å². The van der Waals surface area contributed by atoms with Gasteiger partial charge in [-0.05, 0) is 75.4 Å². The number of fused-ring (bicyclic) bond motifs is 1. The Hall–Kier alpha value is -3.94. The fourth-order valence-corrected chi connectivity index (χ4v) is 6.25. The van der Waals surface area contributed by atoms with E-state index in [1.807, 2.05) is 31.2 Å². The molecule has 7 nitrogen and oxygen atoms in total. The zero-order chi connectivity index (χ0) is 30.4. The van der Waals surface area contributed by atoms with Crippen LogP contribution in [-0.2, 0) is 5.41 Å². The van der Waals surface area contributed by atoms with Crippen LogP contribution in [0.4, 0.5) is 15.9 Å². The molecule has 1 N–H and O–H groups in total. The molecule has 3 aliphatic rings. The molecule has 1 aliphatic carbocycles. The van der Waals surface area contributed by atoms with E-state index in [1.54, 1.807) is 13.0 Å². The second kappa shape index (κ2) is 11.0. The van der Waals surface area contributed by atoms with Crippen molar-refractivity contribution < 1.29 is 14.3 Å². The van der Waals surface area contributed by atoms with Crippen LogP contribution in [0.25, 0.3) is 5.70 Å². The molecule has 0 amide bonds. The molecular formula is C34H42FN5O2. The third-order valence-electron chi connectivity index (χ3n) is 9.25. The molecule has 2 aromatic rings. The first-order valence-electron chi connectivity index (χ1n) is 14.8. The van der Waals surface area contributed by atoms with Crippen molar-refractivity contribution in [2.24, 2.45) is 0 Å². The number of anilines is 2. The lowest BCUT2D eigenvalue weighted by Gasteiger charge is -2.51. The molecule has 0 saturated carbocycles. The van der Waals surface area contributed by atoms with E-state index in [0.29, 0.717) is 43.0 Å². The van der Waals surface area contributed by atoms with Gasteiger partial charge in [0.15, 0.2) is 5.69 Å². The lowest BCUT2D eigenvalue weighted by molar-refractivity contribution is 0.0689. The molecule has 5 rings (SSSR count). The van der Waals surface area contributed by atoms with Gasteiger partial charge in [-0.15, -0.1) is 0 Å². The summed E-state index contributed by atoms with van der Waals surface area (Å²) < 4.78 is 14.7.